The van der Waals surface area contributed by atoms with E-state index < -0.39 is 11.0 Å². The molecule has 1 fully saturated rings. The van der Waals surface area contributed by atoms with Gasteiger partial charge in [-0.25, -0.2) is 8.93 Å². The van der Waals surface area contributed by atoms with Gasteiger partial charge >= 0.3 is 0 Å². The maximum atomic E-state index is 13.2. The third-order valence-corrected chi connectivity index (χ3v) is 8.30. The van der Waals surface area contributed by atoms with Crippen LogP contribution in [0.2, 0.25) is 0 Å². The molecule has 0 saturated carbocycles. The van der Waals surface area contributed by atoms with E-state index in [1.54, 1.807) is 0 Å². The van der Waals surface area contributed by atoms with Gasteiger partial charge in [0, 0.05) is 31.6 Å². The fourth-order valence-corrected chi connectivity index (χ4v) is 6.00. The third-order valence-electron chi connectivity index (χ3n) is 7.05. The summed E-state index contributed by atoms with van der Waals surface area (Å²) < 4.78 is 16.3. The standard InChI is InChI=1S/C32H33N3O2S/c36-32(34-23-31(26-12-6-2-7-13-26)27-14-8-3-9-15-27)28-20-29(22-33-21-28)35-38(37)30-18-16-25(17-19-30)24-10-4-1-5-11-24/h1-19,28-29,31,33,35H,20-23H2,(H,34,36)/t28-,29+,38?/m0/s1. The van der Waals surface area contributed by atoms with E-state index in [1.165, 1.54) is 11.1 Å². The lowest BCUT2D eigenvalue weighted by Crippen LogP contribution is -2.51. The molecule has 1 unspecified atom stereocenters. The molecule has 5 rings (SSSR count). The molecule has 1 heterocycles. The highest BCUT2D eigenvalue weighted by atomic mass is 32.2. The first kappa shape index (κ1) is 26.0. The molecular weight excluding hydrogens is 490 g/mol. The van der Waals surface area contributed by atoms with E-state index in [2.05, 4.69) is 51.8 Å². The van der Waals surface area contributed by atoms with Gasteiger partial charge < -0.3 is 10.6 Å². The first-order valence-electron chi connectivity index (χ1n) is 13.1. The zero-order valence-electron chi connectivity index (χ0n) is 21.3. The smallest absolute Gasteiger partial charge is 0.224 e. The van der Waals surface area contributed by atoms with Gasteiger partial charge in [0.2, 0.25) is 5.91 Å². The molecule has 6 heteroatoms. The van der Waals surface area contributed by atoms with E-state index in [-0.39, 0.29) is 23.8 Å². The highest BCUT2D eigenvalue weighted by Crippen LogP contribution is 2.24. The second-order valence-electron chi connectivity index (χ2n) is 9.68. The molecule has 1 amide bonds. The molecule has 0 radical (unpaired) electrons. The van der Waals surface area contributed by atoms with Crippen LogP contribution < -0.4 is 15.4 Å². The normalized spacial score (nSPS) is 18.1. The third kappa shape index (κ3) is 6.64. The predicted octanol–water partition coefficient (Wildman–Crippen LogP) is 4.89. The molecule has 0 bridgehead atoms. The Morgan fingerprint density at radius 2 is 1.32 bits per heavy atom. The van der Waals surface area contributed by atoms with Crippen LogP contribution in [0.25, 0.3) is 11.1 Å². The van der Waals surface area contributed by atoms with Crippen LogP contribution in [0.5, 0.6) is 0 Å². The summed E-state index contributed by atoms with van der Waals surface area (Å²) in [5.74, 6) is -0.0806. The molecule has 5 nitrogen and oxygen atoms in total. The minimum absolute atomic E-state index is 0.0267. The number of rotatable bonds is 9. The van der Waals surface area contributed by atoms with Crippen LogP contribution in [0.1, 0.15) is 23.5 Å². The van der Waals surface area contributed by atoms with E-state index in [4.69, 9.17) is 0 Å². The molecule has 1 saturated heterocycles. The lowest BCUT2D eigenvalue weighted by atomic mass is 9.90. The van der Waals surface area contributed by atoms with E-state index in [0.717, 1.165) is 16.0 Å². The Kier molecular flexibility index (Phi) is 8.76. The molecule has 1 aliphatic rings. The van der Waals surface area contributed by atoms with Gasteiger partial charge in [0.05, 0.1) is 10.8 Å². The van der Waals surface area contributed by atoms with Crippen LogP contribution >= 0.6 is 0 Å². The van der Waals surface area contributed by atoms with Crippen molar-refractivity contribution in [2.24, 2.45) is 5.92 Å². The predicted molar refractivity (Wildman–Crippen MR) is 154 cm³/mol. The van der Waals surface area contributed by atoms with Gasteiger partial charge in [-0.05, 0) is 40.8 Å². The largest absolute Gasteiger partial charge is 0.355 e. The summed E-state index contributed by atoms with van der Waals surface area (Å²) >= 11 is 0. The van der Waals surface area contributed by atoms with Gasteiger partial charge in [-0.3, -0.25) is 4.79 Å². The van der Waals surface area contributed by atoms with Gasteiger partial charge in [0.25, 0.3) is 0 Å². The molecule has 0 spiro atoms. The van der Waals surface area contributed by atoms with Crippen molar-refractivity contribution in [2.45, 2.75) is 23.3 Å². The summed E-state index contributed by atoms with van der Waals surface area (Å²) in [6.45, 7) is 1.82. The van der Waals surface area contributed by atoms with Gasteiger partial charge in [0.1, 0.15) is 11.0 Å². The SMILES string of the molecule is O=C(NCC(c1ccccc1)c1ccccc1)[C@@H]1CNC[C@H](NS(=O)c2ccc(-c3ccccc3)cc2)C1. The van der Waals surface area contributed by atoms with Crippen molar-refractivity contribution in [1.82, 2.24) is 15.4 Å². The maximum absolute atomic E-state index is 13.2. The monoisotopic (exact) mass is 523 g/mol. The van der Waals surface area contributed by atoms with Crippen molar-refractivity contribution in [3.05, 3.63) is 126 Å². The number of nitrogens with one attached hydrogen (secondary N) is 3. The number of hydrogen-bond donors (Lipinski definition) is 3. The minimum Gasteiger partial charge on any atom is -0.355 e. The Hall–Kier alpha value is -3.58. The molecule has 4 aromatic rings. The van der Waals surface area contributed by atoms with Crippen molar-refractivity contribution in [3.8, 4) is 11.1 Å². The van der Waals surface area contributed by atoms with Gasteiger partial charge in [-0.15, -0.1) is 0 Å². The molecular formula is C32H33N3O2S. The summed E-state index contributed by atoms with van der Waals surface area (Å²) in [6.07, 6.45) is 0.633. The van der Waals surface area contributed by atoms with Crippen molar-refractivity contribution in [2.75, 3.05) is 19.6 Å². The summed E-state index contributed by atoms with van der Waals surface area (Å²) in [5.41, 5.74) is 4.57. The number of benzene rings is 4. The summed E-state index contributed by atoms with van der Waals surface area (Å²) in [5, 5.41) is 6.54. The second kappa shape index (κ2) is 12.8. The van der Waals surface area contributed by atoms with Crippen molar-refractivity contribution >= 4 is 16.9 Å². The summed E-state index contributed by atoms with van der Waals surface area (Å²) in [4.78, 5) is 13.9. The second-order valence-corrected chi connectivity index (χ2v) is 10.9. The Labute approximate surface area is 227 Å². The summed E-state index contributed by atoms with van der Waals surface area (Å²) in [6, 6.07) is 38.4. The van der Waals surface area contributed by atoms with Crippen molar-refractivity contribution in [3.63, 3.8) is 0 Å². The van der Waals surface area contributed by atoms with E-state index in [9.17, 15) is 9.00 Å². The van der Waals surface area contributed by atoms with E-state index in [0.29, 0.717) is 26.1 Å². The van der Waals surface area contributed by atoms with E-state index in [1.807, 2.05) is 78.9 Å². The number of carbonyl (C=O) groups excluding carboxylic acids is 1. The van der Waals surface area contributed by atoms with Crippen LogP contribution in [0.4, 0.5) is 0 Å². The maximum Gasteiger partial charge on any atom is 0.224 e. The van der Waals surface area contributed by atoms with Crippen LogP contribution in [0.3, 0.4) is 0 Å². The first-order chi connectivity index (χ1) is 18.7. The molecule has 0 aromatic heterocycles. The fourth-order valence-electron chi connectivity index (χ4n) is 5.00. The quantitative estimate of drug-likeness (QED) is 0.293. The van der Waals surface area contributed by atoms with E-state index >= 15 is 0 Å². The molecule has 4 aromatic carbocycles. The number of amides is 1. The number of hydrogen-bond acceptors (Lipinski definition) is 3. The Bertz CT molecular complexity index is 1290. The lowest BCUT2D eigenvalue weighted by Gasteiger charge is -2.30. The summed E-state index contributed by atoms with van der Waals surface area (Å²) in [7, 11) is -1.36. The lowest BCUT2D eigenvalue weighted by molar-refractivity contribution is -0.125. The number of piperidine rings is 1. The molecule has 194 valence electrons. The van der Waals surface area contributed by atoms with Crippen LogP contribution in [-0.2, 0) is 15.8 Å². The average molecular weight is 524 g/mol. The highest BCUT2D eigenvalue weighted by Gasteiger charge is 2.28. The van der Waals surface area contributed by atoms with Gasteiger partial charge in [0.15, 0.2) is 0 Å². The molecule has 3 atom stereocenters. The Morgan fingerprint density at radius 3 is 1.92 bits per heavy atom. The zero-order valence-corrected chi connectivity index (χ0v) is 22.1. The molecule has 0 aliphatic carbocycles. The van der Waals surface area contributed by atoms with Crippen molar-refractivity contribution in [1.29, 1.82) is 0 Å². The molecule has 1 aliphatic heterocycles. The highest BCUT2D eigenvalue weighted by molar-refractivity contribution is 7.83. The van der Waals surface area contributed by atoms with Crippen LogP contribution in [0.15, 0.2) is 120 Å². The van der Waals surface area contributed by atoms with Gasteiger partial charge in [-0.2, -0.15) is 0 Å². The average Bonchev–Trinajstić information content (AvgIpc) is 2.99. The fraction of sp³-hybridized carbons (Fsp3) is 0.219. The van der Waals surface area contributed by atoms with Crippen LogP contribution in [0, 0.1) is 5.92 Å². The van der Waals surface area contributed by atoms with Gasteiger partial charge in [-0.1, -0.05) is 103 Å². The minimum atomic E-state index is -1.36. The zero-order chi connectivity index (χ0) is 26.2. The molecule has 38 heavy (non-hydrogen) atoms. The number of carbonyl (C=O) groups is 1. The molecule has 3 N–H and O–H groups in total. The van der Waals surface area contributed by atoms with Crippen LogP contribution in [-0.4, -0.2) is 35.8 Å². The Balaban J connectivity index is 1.17. The topological polar surface area (TPSA) is 70.2 Å². The Morgan fingerprint density at radius 1 is 0.763 bits per heavy atom. The van der Waals surface area contributed by atoms with Crippen molar-refractivity contribution < 1.29 is 9.00 Å². The first-order valence-corrected chi connectivity index (χ1v) is 14.2.